The minimum absolute atomic E-state index is 0.0441. The zero-order chi connectivity index (χ0) is 19.2. The number of rotatable bonds is 4. The molecule has 0 radical (unpaired) electrons. The van der Waals surface area contributed by atoms with E-state index in [9.17, 15) is 13.2 Å². The standard InChI is InChI=1S/C20H23NO4S2/c1-13-3-7-16(8-4-13)27(23,24)25-18-9-6-15-11-21(12-17(15)18)20(22)19-10-5-14(2)26-19/h3-5,7-8,10,15,17-18H,6,9,11-12H2,1-2H3/t15-,17+,18-/m0/s1. The van der Waals surface area contributed by atoms with E-state index in [0.717, 1.165) is 28.2 Å². The Morgan fingerprint density at radius 3 is 2.48 bits per heavy atom. The first-order chi connectivity index (χ1) is 12.8. The Morgan fingerprint density at radius 1 is 1.07 bits per heavy atom. The summed E-state index contributed by atoms with van der Waals surface area (Å²) in [4.78, 5) is 16.6. The molecule has 1 saturated heterocycles. The van der Waals surface area contributed by atoms with Gasteiger partial charge in [0.25, 0.3) is 16.0 Å². The summed E-state index contributed by atoms with van der Waals surface area (Å²) < 4.78 is 30.9. The van der Waals surface area contributed by atoms with Crippen LogP contribution in [0.2, 0.25) is 0 Å². The van der Waals surface area contributed by atoms with Gasteiger partial charge in [-0.2, -0.15) is 8.42 Å². The van der Waals surface area contributed by atoms with Crippen LogP contribution in [0.5, 0.6) is 0 Å². The van der Waals surface area contributed by atoms with Crippen LogP contribution in [0.15, 0.2) is 41.3 Å². The molecule has 0 N–H and O–H groups in total. The fraction of sp³-hybridized carbons (Fsp3) is 0.450. The number of carbonyl (C=O) groups excluding carboxylic acids is 1. The first-order valence-electron chi connectivity index (χ1n) is 9.19. The minimum Gasteiger partial charge on any atom is -0.337 e. The smallest absolute Gasteiger partial charge is 0.297 e. The van der Waals surface area contributed by atoms with Gasteiger partial charge in [-0.1, -0.05) is 17.7 Å². The number of thiophene rings is 1. The van der Waals surface area contributed by atoms with E-state index < -0.39 is 10.1 Å². The number of nitrogens with zero attached hydrogens (tertiary/aromatic N) is 1. The maximum absolute atomic E-state index is 12.7. The van der Waals surface area contributed by atoms with Gasteiger partial charge < -0.3 is 4.90 Å². The Labute approximate surface area is 164 Å². The lowest BCUT2D eigenvalue weighted by Crippen LogP contribution is -2.32. The van der Waals surface area contributed by atoms with Gasteiger partial charge in [0, 0.05) is 23.9 Å². The lowest BCUT2D eigenvalue weighted by Gasteiger charge is -2.20. The number of aryl methyl sites for hydroxylation is 2. The SMILES string of the molecule is Cc1ccc(S(=O)(=O)O[C@H]2CC[C@H]3CN(C(=O)c4ccc(C)s4)C[C@H]32)cc1. The molecule has 1 amide bonds. The van der Waals surface area contributed by atoms with Crippen LogP contribution in [-0.2, 0) is 14.3 Å². The van der Waals surface area contributed by atoms with Crippen LogP contribution in [-0.4, -0.2) is 38.4 Å². The molecule has 4 rings (SSSR count). The summed E-state index contributed by atoms with van der Waals surface area (Å²) in [5.41, 5.74) is 1.00. The highest BCUT2D eigenvalue weighted by molar-refractivity contribution is 7.86. The Hall–Kier alpha value is -1.70. The van der Waals surface area contributed by atoms with Crippen molar-refractivity contribution in [3.8, 4) is 0 Å². The number of fused-ring (bicyclic) bond motifs is 1. The van der Waals surface area contributed by atoms with Crippen molar-refractivity contribution in [1.29, 1.82) is 0 Å². The average Bonchev–Trinajstić information content (AvgIpc) is 3.32. The highest BCUT2D eigenvalue weighted by atomic mass is 32.2. The fourth-order valence-electron chi connectivity index (χ4n) is 4.13. The molecule has 5 nitrogen and oxygen atoms in total. The summed E-state index contributed by atoms with van der Waals surface area (Å²) in [6.45, 7) is 5.15. The van der Waals surface area contributed by atoms with Crippen LogP contribution >= 0.6 is 11.3 Å². The molecule has 1 saturated carbocycles. The summed E-state index contributed by atoms with van der Waals surface area (Å²) >= 11 is 1.50. The lowest BCUT2D eigenvalue weighted by atomic mass is 10.00. The Morgan fingerprint density at radius 2 is 1.81 bits per heavy atom. The van der Waals surface area contributed by atoms with Gasteiger partial charge in [0.05, 0.1) is 15.9 Å². The zero-order valence-corrected chi connectivity index (χ0v) is 17.1. The van der Waals surface area contributed by atoms with Crippen LogP contribution in [0.25, 0.3) is 0 Å². The van der Waals surface area contributed by atoms with E-state index in [0.29, 0.717) is 19.0 Å². The van der Waals surface area contributed by atoms with Gasteiger partial charge >= 0.3 is 0 Å². The maximum atomic E-state index is 12.7. The normalized spacial score (nSPS) is 25.0. The highest BCUT2D eigenvalue weighted by Gasteiger charge is 2.46. The van der Waals surface area contributed by atoms with Gasteiger partial charge in [0.1, 0.15) is 0 Å². The molecule has 1 aliphatic carbocycles. The predicted octanol–water partition coefficient (Wildman–Crippen LogP) is 3.62. The molecule has 2 aliphatic rings. The summed E-state index contributed by atoms with van der Waals surface area (Å²) in [5, 5.41) is 0. The van der Waals surface area contributed by atoms with Crippen LogP contribution in [0.4, 0.5) is 0 Å². The summed E-state index contributed by atoms with van der Waals surface area (Å²) in [5.74, 6) is 0.436. The Balaban J connectivity index is 1.46. The van der Waals surface area contributed by atoms with E-state index >= 15 is 0 Å². The van der Waals surface area contributed by atoms with Crippen molar-refractivity contribution < 1.29 is 17.4 Å². The molecule has 7 heteroatoms. The monoisotopic (exact) mass is 405 g/mol. The molecule has 27 heavy (non-hydrogen) atoms. The summed E-state index contributed by atoms with van der Waals surface area (Å²) in [7, 11) is -3.79. The van der Waals surface area contributed by atoms with Crippen LogP contribution in [0.1, 0.15) is 33.0 Å². The van der Waals surface area contributed by atoms with E-state index in [-0.39, 0.29) is 22.8 Å². The molecular formula is C20H23NO4S2. The number of amides is 1. The number of hydrogen-bond acceptors (Lipinski definition) is 5. The Bertz CT molecular complexity index is 949. The van der Waals surface area contributed by atoms with Crippen molar-refractivity contribution in [3.05, 3.63) is 51.7 Å². The third kappa shape index (κ3) is 3.68. The molecular weight excluding hydrogens is 382 g/mol. The van der Waals surface area contributed by atoms with Gasteiger partial charge in [-0.15, -0.1) is 11.3 Å². The van der Waals surface area contributed by atoms with Gasteiger partial charge in [-0.25, -0.2) is 0 Å². The molecule has 3 atom stereocenters. The first kappa shape index (κ1) is 18.7. The third-order valence-electron chi connectivity index (χ3n) is 5.59. The molecule has 144 valence electrons. The van der Waals surface area contributed by atoms with E-state index in [1.165, 1.54) is 11.3 Å². The van der Waals surface area contributed by atoms with Crippen LogP contribution < -0.4 is 0 Å². The number of hydrogen-bond donors (Lipinski definition) is 0. The molecule has 1 aromatic heterocycles. The fourth-order valence-corrected chi connectivity index (χ4v) is 6.11. The predicted molar refractivity (Wildman–Crippen MR) is 104 cm³/mol. The van der Waals surface area contributed by atoms with Gasteiger partial charge in [-0.3, -0.25) is 8.98 Å². The molecule has 0 unspecified atom stereocenters. The second kappa shape index (κ2) is 7.04. The molecule has 0 bridgehead atoms. The largest absolute Gasteiger partial charge is 0.337 e. The van der Waals surface area contributed by atoms with Gasteiger partial charge in [0.2, 0.25) is 0 Å². The second-order valence-electron chi connectivity index (χ2n) is 7.52. The topological polar surface area (TPSA) is 63.7 Å². The van der Waals surface area contributed by atoms with Crippen molar-refractivity contribution in [2.24, 2.45) is 11.8 Å². The Kier molecular flexibility index (Phi) is 4.86. The van der Waals surface area contributed by atoms with Crippen LogP contribution in [0, 0.1) is 25.7 Å². The van der Waals surface area contributed by atoms with Crippen molar-refractivity contribution >= 4 is 27.4 Å². The van der Waals surface area contributed by atoms with Crippen molar-refractivity contribution in [2.75, 3.05) is 13.1 Å². The van der Waals surface area contributed by atoms with Crippen molar-refractivity contribution in [3.63, 3.8) is 0 Å². The summed E-state index contributed by atoms with van der Waals surface area (Å²) in [6, 6.07) is 10.5. The minimum atomic E-state index is -3.79. The number of likely N-dealkylation sites (tertiary alicyclic amines) is 1. The maximum Gasteiger partial charge on any atom is 0.297 e. The average molecular weight is 406 g/mol. The molecule has 0 spiro atoms. The molecule has 2 fully saturated rings. The zero-order valence-electron chi connectivity index (χ0n) is 15.4. The van der Waals surface area contributed by atoms with Crippen molar-refractivity contribution in [1.82, 2.24) is 4.90 Å². The molecule has 1 aliphatic heterocycles. The number of benzene rings is 1. The van der Waals surface area contributed by atoms with E-state index in [2.05, 4.69) is 0 Å². The van der Waals surface area contributed by atoms with E-state index in [1.807, 2.05) is 30.9 Å². The second-order valence-corrected chi connectivity index (χ2v) is 10.4. The van der Waals surface area contributed by atoms with Gasteiger partial charge in [0.15, 0.2) is 0 Å². The van der Waals surface area contributed by atoms with Crippen molar-refractivity contribution in [2.45, 2.75) is 37.7 Å². The molecule has 2 aromatic rings. The quantitative estimate of drug-likeness (QED) is 0.729. The van der Waals surface area contributed by atoms with E-state index in [1.54, 1.807) is 24.3 Å². The first-order valence-corrected chi connectivity index (χ1v) is 11.4. The summed E-state index contributed by atoms with van der Waals surface area (Å²) in [6.07, 6.45) is 1.26. The molecule has 1 aromatic carbocycles. The number of carbonyl (C=O) groups is 1. The van der Waals surface area contributed by atoms with Gasteiger partial charge in [-0.05, 0) is 56.9 Å². The van der Waals surface area contributed by atoms with E-state index in [4.69, 9.17) is 4.18 Å². The third-order valence-corrected chi connectivity index (χ3v) is 7.93. The molecule has 2 heterocycles. The highest BCUT2D eigenvalue weighted by Crippen LogP contribution is 2.41. The van der Waals surface area contributed by atoms with Crippen LogP contribution in [0.3, 0.4) is 0 Å². The lowest BCUT2D eigenvalue weighted by molar-refractivity contribution is 0.0769.